The van der Waals surface area contributed by atoms with Crippen LogP contribution in [0.2, 0.25) is 0 Å². The first-order chi connectivity index (χ1) is 10.8. The van der Waals surface area contributed by atoms with Crippen LogP contribution in [0.25, 0.3) is 0 Å². The number of amides is 1. The third-order valence-corrected chi connectivity index (χ3v) is 4.30. The van der Waals surface area contributed by atoms with Crippen LogP contribution in [0.3, 0.4) is 0 Å². The molecule has 0 saturated carbocycles. The van der Waals surface area contributed by atoms with E-state index < -0.39 is 0 Å². The molecule has 0 aromatic heterocycles. The zero-order valence-electron chi connectivity index (χ0n) is 12.8. The maximum Gasteiger partial charge on any atom is 0.227 e. The van der Waals surface area contributed by atoms with Crippen LogP contribution in [0.15, 0.2) is 24.3 Å². The molecule has 1 unspecified atom stereocenters. The van der Waals surface area contributed by atoms with Gasteiger partial charge in [0.05, 0.1) is 11.8 Å². The number of ether oxygens (including phenoxy) is 2. The SMILES string of the molecule is O=C(Nc1ccccc1OCC1CCCO1)C1CCNCC1. The molecule has 1 amide bonds. The van der Waals surface area contributed by atoms with E-state index in [4.69, 9.17) is 9.47 Å². The van der Waals surface area contributed by atoms with Crippen molar-refractivity contribution in [2.24, 2.45) is 5.92 Å². The van der Waals surface area contributed by atoms with Gasteiger partial charge in [0.25, 0.3) is 0 Å². The molecule has 2 aliphatic heterocycles. The van der Waals surface area contributed by atoms with E-state index in [1.165, 1.54) is 0 Å². The Bertz CT molecular complexity index is 494. The summed E-state index contributed by atoms with van der Waals surface area (Å²) >= 11 is 0. The molecule has 1 aromatic rings. The van der Waals surface area contributed by atoms with Gasteiger partial charge in [-0.15, -0.1) is 0 Å². The van der Waals surface area contributed by atoms with E-state index in [-0.39, 0.29) is 17.9 Å². The van der Waals surface area contributed by atoms with Crippen molar-refractivity contribution in [2.45, 2.75) is 31.8 Å². The van der Waals surface area contributed by atoms with Gasteiger partial charge in [-0.25, -0.2) is 0 Å². The Morgan fingerprint density at radius 3 is 2.86 bits per heavy atom. The van der Waals surface area contributed by atoms with Crippen LogP contribution < -0.4 is 15.4 Å². The molecule has 2 N–H and O–H groups in total. The average Bonchev–Trinajstić information content (AvgIpc) is 3.08. The van der Waals surface area contributed by atoms with Crippen LogP contribution in [-0.2, 0) is 9.53 Å². The highest BCUT2D eigenvalue weighted by Gasteiger charge is 2.22. The summed E-state index contributed by atoms with van der Waals surface area (Å²) in [5.41, 5.74) is 0.754. The topological polar surface area (TPSA) is 59.6 Å². The molecule has 0 radical (unpaired) electrons. The van der Waals surface area contributed by atoms with Crippen molar-refractivity contribution in [2.75, 3.05) is 31.6 Å². The highest BCUT2D eigenvalue weighted by atomic mass is 16.5. The highest BCUT2D eigenvalue weighted by molar-refractivity contribution is 5.94. The normalized spacial score (nSPS) is 22.5. The fraction of sp³-hybridized carbons (Fsp3) is 0.588. The van der Waals surface area contributed by atoms with E-state index in [2.05, 4.69) is 10.6 Å². The summed E-state index contributed by atoms with van der Waals surface area (Å²) in [5, 5.41) is 6.30. The van der Waals surface area contributed by atoms with Crippen LogP contribution in [0.5, 0.6) is 5.75 Å². The standard InChI is InChI=1S/C17H24N2O3/c20-17(13-7-9-18-10-8-13)19-15-5-1-2-6-16(15)22-12-14-4-3-11-21-14/h1-2,5-6,13-14,18H,3-4,7-12H2,(H,19,20). The second-order valence-electron chi connectivity index (χ2n) is 5.96. The molecule has 0 aliphatic carbocycles. The number of carbonyl (C=O) groups is 1. The van der Waals surface area contributed by atoms with E-state index in [1.54, 1.807) is 0 Å². The van der Waals surface area contributed by atoms with Gasteiger partial charge in [0.15, 0.2) is 0 Å². The molecule has 1 aromatic carbocycles. The van der Waals surface area contributed by atoms with Gasteiger partial charge < -0.3 is 20.1 Å². The number of hydrogen-bond acceptors (Lipinski definition) is 4. The zero-order valence-corrected chi connectivity index (χ0v) is 12.8. The quantitative estimate of drug-likeness (QED) is 0.875. The molecule has 0 bridgehead atoms. The summed E-state index contributed by atoms with van der Waals surface area (Å²) in [5.74, 6) is 0.905. The van der Waals surface area contributed by atoms with Crippen LogP contribution >= 0.6 is 0 Å². The Hall–Kier alpha value is -1.59. The summed E-state index contributed by atoms with van der Waals surface area (Å²) in [6.07, 6.45) is 4.11. The minimum absolute atomic E-state index is 0.0903. The molecule has 3 rings (SSSR count). The summed E-state index contributed by atoms with van der Waals surface area (Å²) < 4.78 is 11.4. The third-order valence-electron chi connectivity index (χ3n) is 4.30. The van der Waals surface area contributed by atoms with Crippen molar-refractivity contribution in [1.29, 1.82) is 0 Å². The van der Waals surface area contributed by atoms with E-state index >= 15 is 0 Å². The molecular weight excluding hydrogens is 280 g/mol. The minimum atomic E-state index is 0.0903. The van der Waals surface area contributed by atoms with Gasteiger partial charge >= 0.3 is 0 Å². The number of piperidine rings is 1. The van der Waals surface area contributed by atoms with E-state index in [0.717, 1.165) is 56.8 Å². The van der Waals surface area contributed by atoms with Crippen LogP contribution in [0, 0.1) is 5.92 Å². The number of para-hydroxylation sites is 2. The van der Waals surface area contributed by atoms with Crippen molar-refractivity contribution in [1.82, 2.24) is 5.32 Å². The molecule has 1 atom stereocenters. The van der Waals surface area contributed by atoms with Crippen molar-refractivity contribution in [3.8, 4) is 5.75 Å². The Morgan fingerprint density at radius 1 is 1.27 bits per heavy atom. The number of nitrogens with one attached hydrogen (secondary N) is 2. The molecule has 120 valence electrons. The van der Waals surface area contributed by atoms with Crippen molar-refractivity contribution in [3.05, 3.63) is 24.3 Å². The number of carbonyl (C=O) groups excluding carboxylic acids is 1. The van der Waals surface area contributed by atoms with E-state index in [9.17, 15) is 4.79 Å². The predicted molar refractivity (Wildman–Crippen MR) is 85.1 cm³/mol. The fourth-order valence-corrected chi connectivity index (χ4v) is 2.97. The lowest BCUT2D eigenvalue weighted by Crippen LogP contribution is -2.34. The van der Waals surface area contributed by atoms with Crippen molar-refractivity contribution in [3.63, 3.8) is 0 Å². The van der Waals surface area contributed by atoms with Crippen LogP contribution in [0.1, 0.15) is 25.7 Å². The molecule has 22 heavy (non-hydrogen) atoms. The molecule has 5 heteroatoms. The Kier molecular flexibility index (Phi) is 5.29. The lowest BCUT2D eigenvalue weighted by Gasteiger charge is -2.22. The van der Waals surface area contributed by atoms with Crippen LogP contribution in [-0.4, -0.2) is 38.3 Å². The number of hydrogen-bond donors (Lipinski definition) is 2. The van der Waals surface area contributed by atoms with Crippen molar-refractivity contribution >= 4 is 11.6 Å². The lowest BCUT2D eigenvalue weighted by molar-refractivity contribution is -0.120. The monoisotopic (exact) mass is 304 g/mol. The van der Waals surface area contributed by atoms with Gasteiger partial charge in [-0.05, 0) is 50.9 Å². The lowest BCUT2D eigenvalue weighted by atomic mass is 9.97. The zero-order chi connectivity index (χ0) is 15.2. The fourth-order valence-electron chi connectivity index (χ4n) is 2.97. The first-order valence-corrected chi connectivity index (χ1v) is 8.18. The third kappa shape index (κ3) is 3.99. The second kappa shape index (κ2) is 7.61. The second-order valence-corrected chi connectivity index (χ2v) is 5.96. The molecule has 0 spiro atoms. The first kappa shape index (κ1) is 15.3. The molecule has 5 nitrogen and oxygen atoms in total. The van der Waals surface area contributed by atoms with Gasteiger partial charge in [-0.2, -0.15) is 0 Å². The highest BCUT2D eigenvalue weighted by Crippen LogP contribution is 2.26. The Labute approximate surface area is 131 Å². The Morgan fingerprint density at radius 2 is 2.09 bits per heavy atom. The van der Waals surface area contributed by atoms with Gasteiger partial charge in [-0.1, -0.05) is 12.1 Å². The minimum Gasteiger partial charge on any atom is -0.489 e. The number of rotatable bonds is 5. The summed E-state index contributed by atoms with van der Waals surface area (Å²) in [4.78, 5) is 12.4. The average molecular weight is 304 g/mol. The Balaban J connectivity index is 1.58. The molecule has 2 fully saturated rings. The first-order valence-electron chi connectivity index (χ1n) is 8.18. The summed E-state index contributed by atoms with van der Waals surface area (Å²) in [7, 11) is 0. The van der Waals surface area contributed by atoms with Gasteiger partial charge in [-0.3, -0.25) is 4.79 Å². The predicted octanol–water partition coefficient (Wildman–Crippen LogP) is 2.18. The van der Waals surface area contributed by atoms with E-state index in [0.29, 0.717) is 6.61 Å². The van der Waals surface area contributed by atoms with E-state index in [1.807, 2.05) is 24.3 Å². The van der Waals surface area contributed by atoms with Crippen LogP contribution in [0.4, 0.5) is 5.69 Å². The number of anilines is 1. The molecule has 2 aliphatic rings. The smallest absolute Gasteiger partial charge is 0.227 e. The van der Waals surface area contributed by atoms with Gasteiger partial charge in [0.1, 0.15) is 12.4 Å². The maximum absolute atomic E-state index is 12.4. The maximum atomic E-state index is 12.4. The molecule has 2 saturated heterocycles. The van der Waals surface area contributed by atoms with Crippen molar-refractivity contribution < 1.29 is 14.3 Å². The molecular formula is C17H24N2O3. The largest absolute Gasteiger partial charge is 0.489 e. The summed E-state index contributed by atoms with van der Waals surface area (Å²) in [6.45, 7) is 3.19. The molecule has 2 heterocycles. The summed E-state index contributed by atoms with van der Waals surface area (Å²) in [6, 6.07) is 7.62. The van der Waals surface area contributed by atoms with Gasteiger partial charge in [0, 0.05) is 12.5 Å². The van der Waals surface area contributed by atoms with Gasteiger partial charge in [0.2, 0.25) is 5.91 Å². The number of benzene rings is 1.